The van der Waals surface area contributed by atoms with E-state index in [4.69, 9.17) is 4.74 Å². The van der Waals surface area contributed by atoms with Gasteiger partial charge in [-0.05, 0) is 26.1 Å². The van der Waals surface area contributed by atoms with Crippen LogP contribution in [0.5, 0.6) is 0 Å². The maximum Gasteiger partial charge on any atom is 0.327 e. The first-order valence-electron chi connectivity index (χ1n) is 7.25. The zero-order valence-corrected chi connectivity index (χ0v) is 13.0. The van der Waals surface area contributed by atoms with Gasteiger partial charge >= 0.3 is 5.97 Å². The molecule has 0 bridgehead atoms. The van der Waals surface area contributed by atoms with E-state index < -0.39 is 5.54 Å². The van der Waals surface area contributed by atoms with Gasteiger partial charge in [0.2, 0.25) is 0 Å². The van der Waals surface area contributed by atoms with Gasteiger partial charge in [-0.1, -0.05) is 6.07 Å². The fourth-order valence-corrected chi connectivity index (χ4v) is 2.59. The van der Waals surface area contributed by atoms with E-state index in [0.717, 1.165) is 32.0 Å². The van der Waals surface area contributed by atoms with Crippen LogP contribution in [0.25, 0.3) is 0 Å². The van der Waals surface area contributed by atoms with Gasteiger partial charge in [0.15, 0.2) is 0 Å². The van der Waals surface area contributed by atoms with Crippen molar-refractivity contribution in [3.05, 3.63) is 24.4 Å². The van der Waals surface area contributed by atoms with Crippen molar-refractivity contribution in [1.82, 2.24) is 15.2 Å². The number of carbonyl (C=O) groups is 1. The van der Waals surface area contributed by atoms with Gasteiger partial charge in [0.1, 0.15) is 11.4 Å². The number of nitrogens with zero attached hydrogens (tertiary/aromatic N) is 3. The first-order valence-corrected chi connectivity index (χ1v) is 7.25. The Bertz CT molecular complexity index is 460. The molecule has 0 aliphatic carbocycles. The highest BCUT2D eigenvalue weighted by molar-refractivity contribution is 5.80. The highest BCUT2D eigenvalue weighted by Crippen LogP contribution is 2.15. The monoisotopic (exact) mass is 292 g/mol. The van der Waals surface area contributed by atoms with Crippen LogP contribution in [0.15, 0.2) is 24.4 Å². The minimum atomic E-state index is -0.665. The van der Waals surface area contributed by atoms with Gasteiger partial charge in [-0.25, -0.2) is 4.98 Å². The van der Waals surface area contributed by atoms with Gasteiger partial charge in [0, 0.05) is 38.9 Å². The van der Waals surface area contributed by atoms with Gasteiger partial charge in [-0.3, -0.25) is 9.69 Å². The number of hydrogen-bond donors (Lipinski definition) is 1. The maximum absolute atomic E-state index is 11.9. The first-order chi connectivity index (χ1) is 10.1. The van der Waals surface area contributed by atoms with Gasteiger partial charge < -0.3 is 15.0 Å². The van der Waals surface area contributed by atoms with Gasteiger partial charge in [-0.2, -0.15) is 0 Å². The van der Waals surface area contributed by atoms with Crippen molar-refractivity contribution in [3.8, 4) is 0 Å². The van der Waals surface area contributed by atoms with E-state index >= 15 is 0 Å². The molecule has 1 aromatic heterocycles. The number of piperazine rings is 1. The minimum absolute atomic E-state index is 0.225. The smallest absolute Gasteiger partial charge is 0.327 e. The molecule has 0 radical (unpaired) electrons. The van der Waals surface area contributed by atoms with E-state index in [9.17, 15) is 4.79 Å². The quantitative estimate of drug-likeness (QED) is 0.791. The normalized spacial score (nSPS) is 19.1. The second-order valence-electron chi connectivity index (χ2n) is 5.52. The lowest BCUT2D eigenvalue weighted by Crippen LogP contribution is -2.59. The van der Waals surface area contributed by atoms with Crippen LogP contribution >= 0.6 is 0 Å². The molecule has 1 aliphatic heterocycles. The topological polar surface area (TPSA) is 57.7 Å². The number of ether oxygens (including phenoxy) is 1. The summed E-state index contributed by atoms with van der Waals surface area (Å²) in [7, 11) is 3.22. The third-order valence-corrected chi connectivity index (χ3v) is 4.07. The van der Waals surface area contributed by atoms with Gasteiger partial charge in [0.25, 0.3) is 0 Å². The van der Waals surface area contributed by atoms with Crippen LogP contribution in [0.1, 0.15) is 6.92 Å². The second-order valence-corrected chi connectivity index (χ2v) is 5.52. The Balaban J connectivity index is 1.91. The minimum Gasteiger partial charge on any atom is -0.468 e. The van der Waals surface area contributed by atoms with Crippen LogP contribution in [-0.2, 0) is 9.53 Å². The molecule has 1 N–H and O–H groups in total. The number of likely N-dealkylation sites (N-methyl/N-ethyl adjacent to an activating group) is 1. The average molecular weight is 292 g/mol. The Labute approximate surface area is 126 Å². The number of nitrogens with one attached hydrogen (secondary N) is 1. The van der Waals surface area contributed by atoms with Crippen LogP contribution in [0, 0.1) is 0 Å². The van der Waals surface area contributed by atoms with E-state index in [1.165, 1.54) is 7.11 Å². The standard InChI is InChI=1S/C15H24N4O2/c1-15(16-2,14(20)21-3)12-18-8-10-19(11-9-18)13-6-4-5-7-17-13/h4-7,16H,8-12H2,1-3H3. The van der Waals surface area contributed by atoms with Crippen molar-refractivity contribution in [3.63, 3.8) is 0 Å². The summed E-state index contributed by atoms with van der Waals surface area (Å²) >= 11 is 0. The third kappa shape index (κ3) is 3.71. The van der Waals surface area contributed by atoms with E-state index in [2.05, 4.69) is 20.1 Å². The van der Waals surface area contributed by atoms with Crippen LogP contribution < -0.4 is 10.2 Å². The molecule has 0 spiro atoms. The molecular formula is C15H24N4O2. The molecular weight excluding hydrogens is 268 g/mol. The molecule has 1 unspecified atom stereocenters. The van der Waals surface area contributed by atoms with Crippen LogP contribution in [0.3, 0.4) is 0 Å². The van der Waals surface area contributed by atoms with Crippen molar-refractivity contribution < 1.29 is 9.53 Å². The fourth-order valence-electron chi connectivity index (χ4n) is 2.59. The number of esters is 1. The van der Waals surface area contributed by atoms with E-state index in [1.807, 2.05) is 31.3 Å². The Hall–Kier alpha value is -1.66. The largest absolute Gasteiger partial charge is 0.468 e. The fraction of sp³-hybridized carbons (Fsp3) is 0.600. The van der Waals surface area contributed by atoms with Crippen molar-refractivity contribution in [2.45, 2.75) is 12.5 Å². The molecule has 21 heavy (non-hydrogen) atoms. The lowest BCUT2D eigenvalue weighted by Gasteiger charge is -2.39. The number of carbonyl (C=O) groups excluding carboxylic acids is 1. The summed E-state index contributed by atoms with van der Waals surface area (Å²) < 4.78 is 4.89. The third-order valence-electron chi connectivity index (χ3n) is 4.07. The first kappa shape index (κ1) is 15.7. The molecule has 2 rings (SSSR count). The Kier molecular flexibility index (Phi) is 5.14. The molecule has 0 amide bonds. The molecule has 0 saturated carbocycles. The summed E-state index contributed by atoms with van der Waals surface area (Å²) in [6, 6.07) is 5.96. The predicted octanol–water partition coefficient (Wildman–Crippen LogP) is 0.355. The molecule has 1 atom stereocenters. The van der Waals surface area contributed by atoms with E-state index in [1.54, 1.807) is 7.05 Å². The lowest BCUT2D eigenvalue weighted by molar-refractivity contribution is -0.148. The van der Waals surface area contributed by atoms with E-state index in [0.29, 0.717) is 6.54 Å². The van der Waals surface area contributed by atoms with Crippen molar-refractivity contribution in [1.29, 1.82) is 0 Å². The summed E-state index contributed by atoms with van der Waals surface area (Å²) in [4.78, 5) is 20.8. The Morgan fingerprint density at radius 3 is 2.62 bits per heavy atom. The SMILES string of the molecule is CNC(C)(CN1CCN(c2ccccn2)CC1)C(=O)OC. The summed E-state index contributed by atoms with van der Waals surface area (Å²) in [6.45, 7) is 6.17. The second kappa shape index (κ2) is 6.87. The zero-order chi connectivity index (χ0) is 15.3. The predicted molar refractivity (Wildman–Crippen MR) is 82.4 cm³/mol. The lowest BCUT2D eigenvalue weighted by atomic mass is 10.0. The van der Waals surface area contributed by atoms with Crippen LogP contribution in [0.4, 0.5) is 5.82 Å². The van der Waals surface area contributed by atoms with Gasteiger partial charge in [0.05, 0.1) is 7.11 Å². The Morgan fingerprint density at radius 2 is 2.10 bits per heavy atom. The van der Waals surface area contributed by atoms with Crippen molar-refractivity contribution in [2.75, 3.05) is 51.8 Å². The molecule has 116 valence electrons. The van der Waals surface area contributed by atoms with Crippen LogP contribution in [-0.4, -0.2) is 68.3 Å². The highest BCUT2D eigenvalue weighted by Gasteiger charge is 2.35. The number of rotatable bonds is 5. The number of pyridine rings is 1. The average Bonchev–Trinajstić information content (AvgIpc) is 2.55. The number of aromatic nitrogens is 1. The molecule has 2 heterocycles. The highest BCUT2D eigenvalue weighted by atomic mass is 16.5. The zero-order valence-electron chi connectivity index (χ0n) is 13.0. The van der Waals surface area contributed by atoms with Crippen LogP contribution in [0.2, 0.25) is 0 Å². The number of hydrogen-bond acceptors (Lipinski definition) is 6. The van der Waals surface area contributed by atoms with Crippen molar-refractivity contribution in [2.24, 2.45) is 0 Å². The molecule has 0 aromatic carbocycles. The molecule has 1 aromatic rings. The molecule has 1 fully saturated rings. The summed E-state index contributed by atoms with van der Waals surface area (Å²) in [6.07, 6.45) is 1.82. The van der Waals surface area contributed by atoms with Gasteiger partial charge in [-0.15, -0.1) is 0 Å². The summed E-state index contributed by atoms with van der Waals surface area (Å²) in [5.74, 6) is 0.790. The maximum atomic E-state index is 11.9. The molecule has 1 aliphatic rings. The summed E-state index contributed by atoms with van der Waals surface area (Å²) in [5.41, 5.74) is -0.665. The summed E-state index contributed by atoms with van der Waals surface area (Å²) in [5, 5.41) is 3.08. The van der Waals surface area contributed by atoms with Crippen molar-refractivity contribution >= 4 is 11.8 Å². The van der Waals surface area contributed by atoms with E-state index in [-0.39, 0.29) is 5.97 Å². The number of methoxy groups -OCH3 is 1. The molecule has 6 heteroatoms. The number of anilines is 1. The Morgan fingerprint density at radius 1 is 1.38 bits per heavy atom. The molecule has 1 saturated heterocycles. The molecule has 6 nitrogen and oxygen atoms in total.